The number of thioether (sulfide) groups is 3. The molecule has 0 saturated carbocycles. The second kappa shape index (κ2) is 40.1. The molecule has 0 bridgehead atoms. The van der Waals surface area contributed by atoms with Crippen LogP contribution in [0.1, 0.15) is 193 Å². The number of piperidine rings is 4. The van der Waals surface area contributed by atoms with E-state index in [4.69, 9.17) is 4.74 Å². The molecule has 25 nitrogen and oxygen atoms in total. The molecule has 6 unspecified atom stereocenters. The van der Waals surface area contributed by atoms with Crippen molar-refractivity contribution >= 4 is 121 Å². The Morgan fingerprint density at radius 2 is 0.691 bits per heavy atom. The molecule has 8 aliphatic rings. The first-order chi connectivity index (χ1) is 59.5. The number of para-hydroxylation sites is 9. The van der Waals surface area contributed by atoms with E-state index in [9.17, 15) is 43.2 Å². The molecule has 8 aliphatic heterocycles. The molecule has 6 atom stereocenters. The van der Waals surface area contributed by atoms with Gasteiger partial charge in [0.2, 0.25) is 35.4 Å². The predicted octanol–water partition coefficient (Wildman–Crippen LogP) is 15.3. The highest BCUT2D eigenvalue weighted by atomic mass is 32.2. The minimum atomic E-state index is -0.402. The molecule has 6 aromatic carbocycles. The number of hydrogen-bond donors (Lipinski definition) is 3. The third-order valence-electron chi connectivity index (χ3n) is 25.9. The van der Waals surface area contributed by atoms with Crippen LogP contribution in [0.2, 0.25) is 0 Å². The predicted molar refractivity (Wildman–Crippen MR) is 501 cm³/mol. The van der Waals surface area contributed by atoms with Gasteiger partial charge in [0.05, 0.1) is 62.1 Å². The number of ether oxygens (including phenoxy) is 1. The van der Waals surface area contributed by atoms with Crippen LogP contribution in [0.15, 0.2) is 160 Å². The number of anilines is 3. The van der Waals surface area contributed by atoms with Gasteiger partial charge < -0.3 is 63.8 Å². The lowest BCUT2D eigenvalue weighted by atomic mass is 10.0. The molecular weight excluding hydrogens is 1610 g/mol. The molecule has 8 fully saturated rings. The van der Waals surface area contributed by atoms with Crippen LogP contribution >= 0.6 is 35.3 Å². The van der Waals surface area contributed by atoms with Crippen LogP contribution < -0.4 is 31.8 Å². The Morgan fingerprint density at radius 3 is 1.03 bits per heavy atom. The minimum Gasteiger partial charge on any atom is -0.378 e. The average molecular weight is 1740 g/mol. The molecule has 6 amide bonds. The summed E-state index contributed by atoms with van der Waals surface area (Å²) in [4.78, 5) is 147. The maximum atomic E-state index is 13.9. The van der Waals surface area contributed by atoms with Crippen LogP contribution in [-0.2, 0) is 33.5 Å². The molecule has 123 heavy (non-hydrogen) atoms. The van der Waals surface area contributed by atoms with Gasteiger partial charge in [-0.2, -0.15) is 0 Å². The lowest BCUT2D eigenvalue weighted by Crippen LogP contribution is -2.42. The number of rotatable bonds is 24. The number of hydrogen-bond acceptors (Lipinski definition) is 16. The maximum absolute atomic E-state index is 13.9. The molecule has 0 radical (unpaired) electrons. The number of nitrogens with zero attached hydrogens (tertiary/aromatic N) is 12. The Bertz CT molecular complexity index is 5160. The van der Waals surface area contributed by atoms with E-state index in [0.717, 1.165) is 140 Å². The van der Waals surface area contributed by atoms with E-state index < -0.39 is 5.25 Å². The number of nitrogens with one attached hydrogen (secondary N) is 3. The van der Waals surface area contributed by atoms with Crippen molar-refractivity contribution in [1.29, 1.82) is 0 Å². The van der Waals surface area contributed by atoms with E-state index in [0.29, 0.717) is 89.9 Å². The third-order valence-corrected chi connectivity index (χ3v) is 30.3. The van der Waals surface area contributed by atoms with Crippen molar-refractivity contribution in [3.8, 4) is 0 Å². The van der Waals surface area contributed by atoms with Crippen LogP contribution in [0, 0.1) is 17.8 Å². The van der Waals surface area contributed by atoms with Crippen molar-refractivity contribution in [1.82, 2.24) is 58.1 Å². The zero-order chi connectivity index (χ0) is 86.1. The molecular formula is C95H129N15O10S3. The van der Waals surface area contributed by atoms with E-state index in [1.54, 1.807) is 35.3 Å². The number of aromatic nitrogens is 6. The summed E-state index contributed by atoms with van der Waals surface area (Å²) < 4.78 is 11.1. The van der Waals surface area contributed by atoms with Crippen molar-refractivity contribution in [2.45, 2.75) is 188 Å². The van der Waals surface area contributed by atoms with Crippen LogP contribution in [-0.4, -0.2) is 222 Å². The molecule has 662 valence electrons. The van der Waals surface area contributed by atoms with Gasteiger partial charge >= 0.3 is 17.1 Å². The summed E-state index contributed by atoms with van der Waals surface area (Å²) in [5, 5.41) is -1.47. The lowest BCUT2D eigenvalue weighted by molar-refractivity contribution is -0.136. The second-order valence-electron chi connectivity index (χ2n) is 35.7. The summed E-state index contributed by atoms with van der Waals surface area (Å²) in [5.41, 5.74) is 11.9. The summed E-state index contributed by atoms with van der Waals surface area (Å²) in [6.07, 6.45) is 11.4. The highest BCUT2D eigenvalue weighted by molar-refractivity contribution is 8.01. The first-order valence-electron chi connectivity index (χ1n) is 44.9. The van der Waals surface area contributed by atoms with Gasteiger partial charge in [0, 0.05) is 175 Å². The lowest BCUT2D eigenvalue weighted by Gasteiger charge is -2.33. The molecule has 0 aliphatic carbocycles. The fraction of sp³-hybridized carbons (Fsp3) is 0.526. The Hall–Kier alpha value is -9.64. The van der Waals surface area contributed by atoms with E-state index in [2.05, 4.69) is 126 Å². The number of benzene rings is 6. The number of carbonyl (C=O) groups excluding carboxylic acids is 6. The molecule has 9 aromatic rings. The SMILES string of the molecule is CC(C)CCN1C(=O)C(CC(=O)N2CCC(n3c(=O)[nH]c4ccccc43)CC2)SC1c1ccccc1N(C)C.CC(C)CCN1C(=O)C(CC(=O)N2CCC(n3c(=O)[nH]c4ccccc43)CC2)SC1c1ccccc1N1CCCCC1.CC(C)CCN1C(=O)C(CC(=O)N2CCC(n3c(=O)[nH]c4ccccc43)CC2)SC1c1ccccc1N1CCOCC1.[HH].[HH].[HH]. The van der Waals surface area contributed by atoms with Gasteiger partial charge in [-0.25, -0.2) is 14.4 Å². The van der Waals surface area contributed by atoms with Crippen molar-refractivity contribution in [2.24, 2.45) is 17.8 Å². The van der Waals surface area contributed by atoms with Crippen molar-refractivity contribution in [3.63, 3.8) is 0 Å². The summed E-state index contributed by atoms with van der Waals surface area (Å²) in [7, 11) is 4.04. The highest BCUT2D eigenvalue weighted by Crippen LogP contribution is 2.51. The monoisotopic (exact) mass is 1740 g/mol. The zero-order valence-corrected chi connectivity index (χ0v) is 75.1. The van der Waals surface area contributed by atoms with E-state index in [1.165, 1.54) is 30.5 Å². The van der Waals surface area contributed by atoms with Crippen LogP contribution in [0.5, 0.6) is 0 Å². The van der Waals surface area contributed by atoms with Crippen molar-refractivity contribution < 1.29 is 37.8 Å². The van der Waals surface area contributed by atoms with Crippen LogP contribution in [0.3, 0.4) is 0 Å². The molecule has 0 spiro atoms. The van der Waals surface area contributed by atoms with Gasteiger partial charge in [-0.15, -0.1) is 35.3 Å². The summed E-state index contributed by atoms with van der Waals surface area (Å²) >= 11 is 4.89. The van der Waals surface area contributed by atoms with Crippen LogP contribution in [0.4, 0.5) is 17.1 Å². The number of likely N-dealkylation sites (tertiary alicyclic amines) is 3. The second-order valence-corrected chi connectivity index (χ2v) is 39.6. The standard InChI is InChI=1S/C33H43N5O3S.C32H41N5O4S.C30H39N5O3S.3H2/c1-23(2)14-21-37-31(40)29(42-32(37)25-10-4-6-12-27(25)35-17-8-3-9-18-35)22-30(39)36-19-15-24(16-20-36)38-28-13-7-5-11-26(28)34-33(38)41;1-22(2)11-16-36-30(39)28(42-31(36)24-7-3-5-9-26(24)34-17-19-41-20-18-34)21-29(38)35-14-12-23(13-15-35)37-27-10-6-4-8-25(27)33-32(37)40;1-20(2)13-18-34-28(37)26(39-29(34)22-9-5-7-11-24(22)32(3)4)19-27(36)33-16-14-21(15-17-33)35-25-12-8-6-10-23(25)31-30(35)38;;;/h4-7,10-13,23-24,29,32H,3,8-9,14-22H2,1-2H3,(H,34,41);3-10,22-23,28,31H,11-21H2,1-2H3,(H,33,40);5-12,20-21,26,29H,13-19H2,1-4H3,(H,31,38);3*1H. The first kappa shape index (κ1) is 88.2. The summed E-state index contributed by atoms with van der Waals surface area (Å²) in [6.45, 7) is 23.9. The zero-order valence-electron chi connectivity index (χ0n) is 72.7. The number of fused-ring (bicyclic) bond motifs is 3. The number of carbonyl (C=O) groups is 6. The van der Waals surface area contributed by atoms with Crippen molar-refractivity contribution in [3.05, 3.63) is 194 Å². The van der Waals surface area contributed by atoms with Crippen molar-refractivity contribution in [2.75, 3.05) is 127 Å². The highest BCUT2D eigenvalue weighted by Gasteiger charge is 2.48. The number of morpholine rings is 1. The molecule has 11 heterocycles. The molecule has 8 saturated heterocycles. The molecule has 3 N–H and O–H groups in total. The van der Waals surface area contributed by atoms with Gasteiger partial charge in [0.1, 0.15) is 16.1 Å². The average Bonchev–Trinajstić information content (AvgIpc) is 1.65. The Balaban J connectivity index is 0.000000170. The fourth-order valence-electron chi connectivity index (χ4n) is 19.1. The Labute approximate surface area is 738 Å². The number of amides is 6. The minimum absolute atomic E-state index is 0. The topological polar surface area (TPSA) is 254 Å². The molecule has 17 rings (SSSR count). The molecule has 28 heteroatoms. The largest absolute Gasteiger partial charge is 0.378 e. The first-order valence-corrected chi connectivity index (χ1v) is 47.7. The Kier molecular flexibility index (Phi) is 28.8. The quantitative estimate of drug-likeness (QED) is 0.0508. The van der Waals surface area contributed by atoms with Gasteiger partial charge in [-0.1, -0.05) is 133 Å². The molecule has 3 aromatic heterocycles. The van der Waals surface area contributed by atoms with Crippen LogP contribution in [0.25, 0.3) is 33.1 Å². The summed E-state index contributed by atoms with van der Waals surface area (Å²) in [5.74, 6) is 1.76. The smallest absolute Gasteiger partial charge is 0.326 e. The van der Waals surface area contributed by atoms with Gasteiger partial charge in [-0.3, -0.25) is 42.5 Å². The normalized spacial score (nSPS) is 21.5. The fourth-order valence-corrected chi connectivity index (χ4v) is 23.6. The Morgan fingerprint density at radius 1 is 0.390 bits per heavy atom. The third kappa shape index (κ3) is 20.0. The van der Waals surface area contributed by atoms with E-state index in [-0.39, 0.29) is 121 Å². The number of imidazole rings is 3. The maximum Gasteiger partial charge on any atom is 0.326 e. The van der Waals surface area contributed by atoms with Gasteiger partial charge in [0.25, 0.3) is 0 Å². The van der Waals surface area contributed by atoms with E-state index in [1.807, 2.05) is 148 Å². The van der Waals surface area contributed by atoms with E-state index >= 15 is 0 Å². The summed E-state index contributed by atoms with van der Waals surface area (Å²) in [6, 6.07) is 48.6. The van der Waals surface area contributed by atoms with Gasteiger partial charge in [0.15, 0.2) is 0 Å². The number of aromatic amines is 3. The van der Waals surface area contributed by atoms with Gasteiger partial charge in [-0.05, 0) is 149 Å². The number of H-pyrrole nitrogens is 3.